The lowest BCUT2D eigenvalue weighted by atomic mass is 10.1. The third kappa shape index (κ3) is 5.67. The van der Waals surface area contributed by atoms with Crippen molar-refractivity contribution in [2.24, 2.45) is 0 Å². The number of hydrogen-bond acceptors (Lipinski definition) is 6. The van der Waals surface area contributed by atoms with Gasteiger partial charge in [-0.25, -0.2) is 4.79 Å². The molecule has 1 N–H and O–H groups in total. The molecule has 1 amide bonds. The lowest BCUT2D eigenvalue weighted by Gasteiger charge is -2.38. The van der Waals surface area contributed by atoms with Crippen LogP contribution < -0.4 is 0 Å². The summed E-state index contributed by atoms with van der Waals surface area (Å²) in [5, 5.41) is -6.13. The second kappa shape index (κ2) is 9.46. The zero-order chi connectivity index (χ0) is 25.2. The maximum Gasteiger partial charge on any atom is 0.466 e. The fraction of sp³-hybridized carbons (Fsp3) is 0.733. The van der Waals surface area contributed by atoms with E-state index < -0.39 is 64.0 Å². The van der Waals surface area contributed by atoms with Gasteiger partial charge in [0, 0.05) is 19.5 Å². The average Bonchev–Trinajstić information content (AvgIpc) is 2.64. The highest BCUT2D eigenvalue weighted by molar-refractivity contribution is 7.87. The minimum Gasteiger partial charge on any atom is -0.410 e. The van der Waals surface area contributed by atoms with Crippen molar-refractivity contribution in [3.8, 4) is 0 Å². The Kier molecular flexibility index (Phi) is 8.29. The summed E-state index contributed by atoms with van der Waals surface area (Å²) in [6.07, 6.45) is -7.61. The Balaban J connectivity index is 3.31. The van der Waals surface area contributed by atoms with Crippen LogP contribution in [0.15, 0.2) is 12.4 Å². The summed E-state index contributed by atoms with van der Waals surface area (Å²) < 4.78 is 145. The first-order valence-electron chi connectivity index (χ1n) is 8.60. The summed E-state index contributed by atoms with van der Waals surface area (Å²) in [7, 11) is -6.70. The Labute approximate surface area is 175 Å². The molecule has 0 saturated carbocycles. The molecule has 1 rings (SSSR count). The largest absolute Gasteiger partial charge is 0.466 e. The number of esters is 1. The highest BCUT2D eigenvalue weighted by atomic mass is 32.2. The van der Waals surface area contributed by atoms with Crippen molar-refractivity contribution in [3.05, 3.63) is 12.4 Å². The third-order valence-corrected chi connectivity index (χ3v) is 5.17. The number of amides is 1. The molecule has 8 nitrogen and oxygen atoms in total. The number of carbonyl (C=O) groups excluding carboxylic acids is 2. The van der Waals surface area contributed by atoms with E-state index >= 15 is 0 Å². The number of nitrogens with zero attached hydrogens (tertiary/aromatic N) is 1. The molecular weight excluding hydrogens is 490 g/mol. The van der Waals surface area contributed by atoms with E-state index in [9.17, 15) is 53.1 Å². The number of carbonyl (C=O) groups is 2. The van der Waals surface area contributed by atoms with Crippen LogP contribution in [0.2, 0.25) is 0 Å². The molecular formula is C15H17F8NO7S. The number of likely N-dealkylation sites (tertiary alicyclic amines) is 1. The number of halogens is 8. The SMILES string of the molecule is C=C(F)C(=O)OC(OCCC(F)(F)C(F)(F)S(=O)(=O)O)(C(=O)N1CCCCC1)C(F)(F)F. The van der Waals surface area contributed by atoms with E-state index in [0.29, 0.717) is 11.3 Å². The minimum absolute atomic E-state index is 0.197. The van der Waals surface area contributed by atoms with Gasteiger partial charge in [0.15, 0.2) is 0 Å². The first kappa shape index (κ1) is 28.0. The van der Waals surface area contributed by atoms with Gasteiger partial charge in [0.1, 0.15) is 0 Å². The van der Waals surface area contributed by atoms with Gasteiger partial charge in [-0.05, 0) is 19.3 Å². The molecule has 17 heteroatoms. The molecule has 1 saturated heterocycles. The number of ether oxygens (including phenoxy) is 2. The first-order chi connectivity index (χ1) is 14.3. The molecule has 0 aromatic carbocycles. The van der Waals surface area contributed by atoms with Crippen molar-refractivity contribution < 1.29 is 67.2 Å². The summed E-state index contributed by atoms with van der Waals surface area (Å²) in [6, 6.07) is 0. The van der Waals surface area contributed by atoms with E-state index in [1.165, 1.54) is 0 Å². The summed E-state index contributed by atoms with van der Waals surface area (Å²) in [5.41, 5.74) is 0. The van der Waals surface area contributed by atoms with Crippen molar-refractivity contribution >= 4 is 22.0 Å². The summed E-state index contributed by atoms with van der Waals surface area (Å²) >= 11 is 0. The standard InChI is InChI=1S/C15H17F8NO7S/c1-9(16)10(25)31-13(14(19,20)21,11(26)24-6-3-2-4-7-24)30-8-5-12(17,18)15(22,23)32(27,28)29/h1-8H2,(H,27,28,29). The van der Waals surface area contributed by atoms with Crippen LogP contribution in [0.3, 0.4) is 0 Å². The van der Waals surface area contributed by atoms with Crippen LogP contribution in [0.4, 0.5) is 35.1 Å². The van der Waals surface area contributed by atoms with Crippen molar-refractivity contribution in [2.75, 3.05) is 19.7 Å². The second-order valence-corrected chi connectivity index (χ2v) is 8.02. The van der Waals surface area contributed by atoms with Crippen molar-refractivity contribution in [3.63, 3.8) is 0 Å². The predicted octanol–water partition coefficient (Wildman–Crippen LogP) is 2.81. The highest BCUT2D eigenvalue weighted by Gasteiger charge is 2.69. The average molecular weight is 507 g/mol. The third-order valence-electron chi connectivity index (χ3n) is 4.23. The fourth-order valence-corrected chi connectivity index (χ4v) is 3.02. The molecule has 186 valence electrons. The highest BCUT2D eigenvalue weighted by Crippen LogP contribution is 2.42. The van der Waals surface area contributed by atoms with Gasteiger partial charge >= 0.3 is 45.1 Å². The molecule has 1 unspecified atom stereocenters. The van der Waals surface area contributed by atoms with E-state index in [2.05, 4.69) is 16.1 Å². The monoisotopic (exact) mass is 507 g/mol. The molecule has 1 fully saturated rings. The topological polar surface area (TPSA) is 110 Å². The second-order valence-electron chi connectivity index (χ2n) is 6.56. The molecule has 32 heavy (non-hydrogen) atoms. The van der Waals surface area contributed by atoms with Crippen LogP contribution >= 0.6 is 0 Å². The summed E-state index contributed by atoms with van der Waals surface area (Å²) in [4.78, 5) is 24.4. The Morgan fingerprint density at radius 1 is 1.00 bits per heavy atom. The smallest absolute Gasteiger partial charge is 0.410 e. The van der Waals surface area contributed by atoms with Gasteiger partial charge in [0.05, 0.1) is 6.61 Å². The van der Waals surface area contributed by atoms with E-state index in [-0.39, 0.29) is 25.9 Å². The van der Waals surface area contributed by atoms with Gasteiger partial charge in [0.25, 0.3) is 0 Å². The van der Waals surface area contributed by atoms with Crippen LogP contribution in [0, 0.1) is 0 Å². The molecule has 0 aliphatic carbocycles. The Hall–Kier alpha value is -2.01. The van der Waals surface area contributed by atoms with E-state index in [1.54, 1.807) is 0 Å². The molecule has 1 aliphatic rings. The maximum atomic E-state index is 13.8. The van der Waals surface area contributed by atoms with Crippen LogP contribution in [-0.2, 0) is 29.2 Å². The van der Waals surface area contributed by atoms with E-state index in [0.717, 1.165) is 0 Å². The lowest BCUT2D eigenvalue weighted by molar-refractivity contribution is -0.353. The number of hydrogen-bond donors (Lipinski definition) is 1. The van der Waals surface area contributed by atoms with Crippen molar-refractivity contribution in [1.82, 2.24) is 4.90 Å². The van der Waals surface area contributed by atoms with Crippen molar-refractivity contribution in [2.45, 2.75) is 48.8 Å². The summed E-state index contributed by atoms with van der Waals surface area (Å²) in [5.74, 6) is -17.1. The zero-order valence-corrected chi connectivity index (χ0v) is 16.7. The van der Waals surface area contributed by atoms with Gasteiger partial charge in [0.2, 0.25) is 5.83 Å². The van der Waals surface area contributed by atoms with Crippen LogP contribution in [0.1, 0.15) is 25.7 Å². The van der Waals surface area contributed by atoms with Crippen LogP contribution in [0.5, 0.6) is 0 Å². The van der Waals surface area contributed by atoms with E-state index in [1.807, 2.05) is 0 Å². The van der Waals surface area contributed by atoms with Gasteiger partial charge in [-0.15, -0.1) is 0 Å². The van der Waals surface area contributed by atoms with Gasteiger partial charge < -0.3 is 14.4 Å². The lowest BCUT2D eigenvalue weighted by Crippen LogP contribution is -2.63. The molecule has 1 atom stereocenters. The molecule has 1 aliphatic heterocycles. The normalized spacial score (nSPS) is 18.1. The Morgan fingerprint density at radius 2 is 1.50 bits per heavy atom. The molecule has 0 aromatic rings. The molecule has 0 bridgehead atoms. The molecule has 0 radical (unpaired) electrons. The summed E-state index contributed by atoms with van der Waals surface area (Å²) in [6.45, 7) is -0.395. The Bertz CT molecular complexity index is 839. The zero-order valence-electron chi connectivity index (χ0n) is 15.9. The number of alkyl halides is 7. The van der Waals surface area contributed by atoms with Crippen LogP contribution in [0.25, 0.3) is 0 Å². The maximum absolute atomic E-state index is 13.8. The van der Waals surface area contributed by atoms with Crippen LogP contribution in [-0.4, -0.2) is 72.6 Å². The van der Waals surface area contributed by atoms with E-state index in [4.69, 9.17) is 4.55 Å². The fourth-order valence-electron chi connectivity index (χ4n) is 2.54. The molecule has 0 spiro atoms. The van der Waals surface area contributed by atoms with Gasteiger partial charge in [-0.2, -0.15) is 43.5 Å². The number of piperidine rings is 1. The van der Waals surface area contributed by atoms with Crippen molar-refractivity contribution in [1.29, 1.82) is 0 Å². The predicted molar refractivity (Wildman–Crippen MR) is 87.6 cm³/mol. The molecule has 0 aromatic heterocycles. The minimum atomic E-state index is -6.70. The number of rotatable bonds is 9. The van der Waals surface area contributed by atoms with Gasteiger partial charge in [-0.3, -0.25) is 9.35 Å². The first-order valence-corrected chi connectivity index (χ1v) is 10.0. The Morgan fingerprint density at radius 3 is 1.91 bits per heavy atom. The molecule has 1 heterocycles. The quantitative estimate of drug-likeness (QED) is 0.168. The van der Waals surface area contributed by atoms with Gasteiger partial charge in [-0.1, -0.05) is 6.58 Å².